The summed E-state index contributed by atoms with van der Waals surface area (Å²) in [5, 5.41) is 9.43. The van der Waals surface area contributed by atoms with Gasteiger partial charge in [0.25, 0.3) is 0 Å². The van der Waals surface area contributed by atoms with Gasteiger partial charge in [0.05, 0.1) is 18.8 Å². The van der Waals surface area contributed by atoms with Crippen LogP contribution < -0.4 is 9.47 Å². The van der Waals surface area contributed by atoms with Gasteiger partial charge in [-0.3, -0.25) is 0 Å². The molecule has 31 heavy (non-hydrogen) atoms. The molecule has 0 aromatic heterocycles. The molecule has 1 aromatic rings. The Labute approximate surface area is 190 Å². The van der Waals surface area contributed by atoms with Crippen LogP contribution in [-0.2, 0) is 0 Å². The molecule has 0 radical (unpaired) electrons. The second-order valence-corrected chi connectivity index (χ2v) is 10.1. The van der Waals surface area contributed by atoms with Crippen LogP contribution in [0.4, 0.5) is 0 Å². The van der Waals surface area contributed by atoms with Crippen molar-refractivity contribution >= 4 is 5.97 Å². The first kappa shape index (κ1) is 27.3. The van der Waals surface area contributed by atoms with Crippen molar-refractivity contribution in [1.82, 2.24) is 0 Å². The van der Waals surface area contributed by atoms with Gasteiger partial charge in [0.15, 0.2) is 0 Å². The maximum atomic E-state index is 11.5. The fraction of sp³-hybridized carbons (Fsp3) is 0.741. The molecular weight excluding hydrogens is 388 g/mol. The molecule has 2 atom stereocenters. The van der Waals surface area contributed by atoms with Crippen LogP contribution in [0.2, 0.25) is 0 Å². The Morgan fingerprint density at radius 3 is 1.48 bits per heavy atom. The molecule has 1 N–H and O–H groups in total. The van der Waals surface area contributed by atoms with Crippen LogP contribution in [0, 0.1) is 23.7 Å². The minimum absolute atomic E-state index is 0.211. The lowest BCUT2D eigenvalue weighted by molar-refractivity contribution is 0.0695. The van der Waals surface area contributed by atoms with E-state index in [-0.39, 0.29) is 5.56 Å². The van der Waals surface area contributed by atoms with Crippen LogP contribution >= 0.6 is 0 Å². The molecule has 0 bridgehead atoms. The average Bonchev–Trinajstić information content (AvgIpc) is 2.67. The van der Waals surface area contributed by atoms with E-state index >= 15 is 0 Å². The van der Waals surface area contributed by atoms with E-state index in [1.54, 1.807) is 12.1 Å². The maximum absolute atomic E-state index is 11.5. The van der Waals surface area contributed by atoms with Crippen LogP contribution in [-0.4, -0.2) is 24.3 Å². The number of hydrogen-bond acceptors (Lipinski definition) is 3. The number of hydrogen-bond donors (Lipinski definition) is 1. The third kappa shape index (κ3) is 13.3. The third-order valence-electron chi connectivity index (χ3n) is 5.84. The summed E-state index contributed by atoms with van der Waals surface area (Å²) in [7, 11) is 0. The summed E-state index contributed by atoms with van der Waals surface area (Å²) in [6.45, 7) is 14.7. The average molecular weight is 435 g/mol. The molecule has 0 aliphatic carbocycles. The highest BCUT2D eigenvalue weighted by Gasteiger charge is 2.11. The molecule has 4 heteroatoms. The number of benzene rings is 1. The lowest BCUT2D eigenvalue weighted by Crippen LogP contribution is -2.07. The fourth-order valence-electron chi connectivity index (χ4n) is 3.66. The van der Waals surface area contributed by atoms with Gasteiger partial charge >= 0.3 is 5.97 Å². The standard InChI is InChI=1S/C27H46O4/c1-20(2)9-7-11-22(5)13-15-30-25-17-24(27(28)29)18-26(19-25)31-16-14-23(6)12-8-10-21(3)4/h17-23H,7-16H2,1-6H3,(H,28,29). The molecule has 1 rings (SSSR count). The largest absolute Gasteiger partial charge is 0.493 e. The highest BCUT2D eigenvalue weighted by atomic mass is 16.5. The molecule has 0 heterocycles. The minimum atomic E-state index is -0.959. The summed E-state index contributed by atoms with van der Waals surface area (Å²) < 4.78 is 11.8. The lowest BCUT2D eigenvalue weighted by atomic mass is 9.98. The van der Waals surface area contributed by atoms with Crippen LogP contribution in [0.15, 0.2) is 18.2 Å². The Balaban J connectivity index is 2.49. The number of aromatic carboxylic acids is 1. The molecule has 0 aliphatic rings. The molecule has 178 valence electrons. The van der Waals surface area contributed by atoms with E-state index in [1.165, 1.54) is 38.5 Å². The van der Waals surface area contributed by atoms with Crippen molar-refractivity contribution < 1.29 is 19.4 Å². The monoisotopic (exact) mass is 434 g/mol. The van der Waals surface area contributed by atoms with Gasteiger partial charge in [-0.25, -0.2) is 4.79 Å². The zero-order valence-electron chi connectivity index (χ0n) is 20.8. The highest BCUT2D eigenvalue weighted by Crippen LogP contribution is 2.25. The van der Waals surface area contributed by atoms with Crippen molar-refractivity contribution in [3.63, 3.8) is 0 Å². The van der Waals surface area contributed by atoms with E-state index in [2.05, 4.69) is 41.5 Å². The van der Waals surface area contributed by atoms with Crippen molar-refractivity contribution in [2.24, 2.45) is 23.7 Å². The third-order valence-corrected chi connectivity index (χ3v) is 5.84. The second-order valence-electron chi connectivity index (χ2n) is 10.1. The van der Waals surface area contributed by atoms with Gasteiger partial charge in [-0.15, -0.1) is 0 Å². The fourth-order valence-corrected chi connectivity index (χ4v) is 3.66. The number of carboxylic acid groups (broad SMARTS) is 1. The van der Waals surface area contributed by atoms with E-state index in [9.17, 15) is 9.90 Å². The Morgan fingerprint density at radius 1 is 0.710 bits per heavy atom. The molecule has 0 saturated carbocycles. The van der Waals surface area contributed by atoms with E-state index in [0.717, 1.165) is 24.7 Å². The molecule has 0 spiro atoms. The van der Waals surface area contributed by atoms with Gasteiger partial charge in [0, 0.05) is 6.07 Å². The smallest absolute Gasteiger partial charge is 0.335 e. The summed E-state index contributed by atoms with van der Waals surface area (Å²) in [6, 6.07) is 5.00. The van der Waals surface area contributed by atoms with Crippen molar-refractivity contribution in [2.75, 3.05) is 13.2 Å². The van der Waals surface area contributed by atoms with E-state index in [4.69, 9.17) is 9.47 Å². The SMILES string of the molecule is CC(C)CCCC(C)CCOc1cc(OCCC(C)CCCC(C)C)cc(C(=O)O)c1. The molecule has 2 unspecified atom stereocenters. The van der Waals surface area contributed by atoms with Gasteiger partial charge in [0.1, 0.15) is 11.5 Å². The number of ether oxygens (including phenoxy) is 2. The van der Waals surface area contributed by atoms with Crippen molar-refractivity contribution in [3.8, 4) is 11.5 Å². The lowest BCUT2D eigenvalue weighted by Gasteiger charge is -2.15. The quantitative estimate of drug-likeness (QED) is 0.271. The summed E-state index contributed by atoms with van der Waals surface area (Å²) in [4.78, 5) is 11.5. The predicted octanol–water partition coefficient (Wildman–Crippen LogP) is 7.85. The number of rotatable bonds is 17. The second kappa shape index (κ2) is 15.2. The highest BCUT2D eigenvalue weighted by molar-refractivity contribution is 5.88. The van der Waals surface area contributed by atoms with E-state index in [0.29, 0.717) is 36.5 Å². The van der Waals surface area contributed by atoms with Crippen molar-refractivity contribution in [1.29, 1.82) is 0 Å². The Kier molecular flexibility index (Phi) is 13.4. The molecule has 0 saturated heterocycles. The van der Waals surface area contributed by atoms with Gasteiger partial charge in [-0.1, -0.05) is 80.1 Å². The first-order valence-electron chi connectivity index (χ1n) is 12.3. The number of carbonyl (C=O) groups is 1. The minimum Gasteiger partial charge on any atom is -0.493 e. The zero-order chi connectivity index (χ0) is 23.2. The van der Waals surface area contributed by atoms with Crippen molar-refractivity contribution in [3.05, 3.63) is 23.8 Å². The van der Waals surface area contributed by atoms with Gasteiger partial charge < -0.3 is 14.6 Å². The van der Waals surface area contributed by atoms with E-state index in [1.807, 2.05) is 6.07 Å². The topological polar surface area (TPSA) is 55.8 Å². The summed E-state index contributed by atoms with van der Waals surface area (Å²) in [5.74, 6) is 2.92. The first-order valence-corrected chi connectivity index (χ1v) is 12.3. The first-order chi connectivity index (χ1) is 14.7. The Morgan fingerprint density at radius 2 is 1.13 bits per heavy atom. The van der Waals surface area contributed by atoms with Gasteiger partial charge in [-0.05, 0) is 48.6 Å². The van der Waals surface area contributed by atoms with Crippen LogP contribution in [0.1, 0.15) is 103 Å². The predicted molar refractivity (Wildman–Crippen MR) is 129 cm³/mol. The molecule has 4 nitrogen and oxygen atoms in total. The van der Waals surface area contributed by atoms with Crippen LogP contribution in [0.3, 0.4) is 0 Å². The summed E-state index contributed by atoms with van der Waals surface area (Å²) >= 11 is 0. The zero-order valence-corrected chi connectivity index (χ0v) is 20.8. The molecule has 1 aromatic carbocycles. The maximum Gasteiger partial charge on any atom is 0.335 e. The molecule has 0 aliphatic heterocycles. The summed E-state index contributed by atoms with van der Waals surface area (Å²) in [5.41, 5.74) is 0.211. The van der Waals surface area contributed by atoms with Gasteiger partial charge in [0.2, 0.25) is 0 Å². The number of carboxylic acids is 1. The molecule has 0 amide bonds. The van der Waals surface area contributed by atoms with Crippen molar-refractivity contribution in [2.45, 2.75) is 92.9 Å². The normalized spacial score (nSPS) is 13.4. The Bertz CT molecular complexity index is 579. The van der Waals surface area contributed by atoms with Gasteiger partial charge in [-0.2, -0.15) is 0 Å². The van der Waals surface area contributed by atoms with Crippen LogP contribution in [0.25, 0.3) is 0 Å². The molecular formula is C27H46O4. The summed E-state index contributed by atoms with van der Waals surface area (Å²) in [6.07, 6.45) is 9.40. The Hall–Kier alpha value is -1.71. The van der Waals surface area contributed by atoms with E-state index < -0.39 is 5.97 Å². The van der Waals surface area contributed by atoms with Crippen LogP contribution in [0.5, 0.6) is 11.5 Å². The molecule has 0 fully saturated rings.